The molecule has 0 bridgehead atoms. The quantitative estimate of drug-likeness (QED) is 0.377. The summed E-state index contributed by atoms with van der Waals surface area (Å²) in [5, 5.41) is 0.492. The lowest BCUT2D eigenvalue weighted by Gasteiger charge is -2.27. The van der Waals surface area contributed by atoms with E-state index in [9.17, 15) is 9.18 Å². The van der Waals surface area contributed by atoms with Gasteiger partial charge in [0.2, 0.25) is 5.91 Å². The number of anilines is 1. The van der Waals surface area contributed by atoms with Gasteiger partial charge in [-0.15, -0.1) is 0 Å². The van der Waals surface area contributed by atoms with Crippen molar-refractivity contribution in [3.63, 3.8) is 0 Å². The number of methoxy groups -OCH3 is 1. The monoisotopic (exact) mass is 591 g/mol. The zero-order valence-electron chi connectivity index (χ0n) is 25.1. The van der Waals surface area contributed by atoms with Crippen LogP contribution in [0, 0.1) is 12.7 Å². The fourth-order valence-corrected chi connectivity index (χ4v) is 6.61. The molecular formula is C32H39F2N7O2. The van der Waals surface area contributed by atoms with E-state index < -0.39 is 12.0 Å². The van der Waals surface area contributed by atoms with Crippen LogP contribution in [0.3, 0.4) is 0 Å². The Balaban J connectivity index is 0.000000310. The van der Waals surface area contributed by atoms with Crippen molar-refractivity contribution in [2.24, 2.45) is 0 Å². The van der Waals surface area contributed by atoms with Crippen molar-refractivity contribution in [3.8, 4) is 17.3 Å². The summed E-state index contributed by atoms with van der Waals surface area (Å²) in [5.41, 5.74) is 2.93. The Morgan fingerprint density at radius 2 is 1.95 bits per heavy atom. The van der Waals surface area contributed by atoms with Gasteiger partial charge in [0.1, 0.15) is 23.2 Å². The van der Waals surface area contributed by atoms with E-state index in [0.29, 0.717) is 48.4 Å². The molecule has 4 aliphatic rings. The molecule has 4 fully saturated rings. The number of aryl methyl sites for hydroxylation is 1. The number of hydrogen-bond acceptors (Lipinski definition) is 8. The third-order valence-electron chi connectivity index (χ3n) is 9.09. The van der Waals surface area contributed by atoms with E-state index in [1.807, 2.05) is 31.1 Å². The predicted octanol–water partition coefficient (Wildman–Crippen LogP) is 4.84. The van der Waals surface area contributed by atoms with Crippen LogP contribution in [0.2, 0.25) is 0 Å². The lowest BCUT2D eigenvalue weighted by molar-refractivity contribution is -0.125. The number of aromatic nitrogens is 4. The molecule has 3 aromatic heterocycles. The van der Waals surface area contributed by atoms with Crippen molar-refractivity contribution in [3.05, 3.63) is 48.2 Å². The number of ether oxygens (including phenoxy) is 1. The molecule has 0 N–H and O–H groups in total. The molecule has 0 spiro atoms. The maximum atomic E-state index is 16.0. The van der Waals surface area contributed by atoms with E-state index in [0.717, 1.165) is 43.5 Å². The van der Waals surface area contributed by atoms with Crippen LogP contribution in [-0.4, -0.2) is 94.2 Å². The molecule has 1 saturated carbocycles. The summed E-state index contributed by atoms with van der Waals surface area (Å²) in [6.07, 6.45) is 10.4. The van der Waals surface area contributed by atoms with Gasteiger partial charge in [-0.3, -0.25) is 19.7 Å². The number of pyridine rings is 2. The summed E-state index contributed by atoms with van der Waals surface area (Å²) in [5.74, 6) is 0.244. The number of nitrogens with zero attached hydrogens (tertiary/aromatic N) is 7. The summed E-state index contributed by atoms with van der Waals surface area (Å²) in [6, 6.07) is 2.64. The summed E-state index contributed by atoms with van der Waals surface area (Å²) >= 11 is 0. The average molecular weight is 592 g/mol. The molecule has 6 heterocycles. The van der Waals surface area contributed by atoms with Crippen LogP contribution in [-0.2, 0) is 4.79 Å². The first-order valence-electron chi connectivity index (χ1n) is 15.2. The highest BCUT2D eigenvalue weighted by Gasteiger charge is 2.35. The highest BCUT2D eigenvalue weighted by Crippen LogP contribution is 2.44. The smallest absolute Gasteiger partial charge is 0.318 e. The zero-order chi connectivity index (χ0) is 30.2. The minimum Gasteiger partial charge on any atom is -0.467 e. The highest BCUT2D eigenvalue weighted by molar-refractivity contribution is 5.92. The molecule has 3 saturated heterocycles. The number of halogens is 2. The maximum absolute atomic E-state index is 16.0. The normalized spacial score (nSPS) is 23.2. The first-order valence-corrected chi connectivity index (χ1v) is 15.2. The topological polar surface area (TPSA) is 87.6 Å². The summed E-state index contributed by atoms with van der Waals surface area (Å²) < 4.78 is 33.9. The lowest BCUT2D eigenvalue weighted by Crippen LogP contribution is -2.36. The van der Waals surface area contributed by atoms with Crippen LogP contribution < -0.4 is 9.64 Å². The van der Waals surface area contributed by atoms with Crippen LogP contribution in [0.5, 0.6) is 6.01 Å². The number of likely N-dealkylation sites (N-methyl/N-ethyl adjacent to an activating group) is 1. The van der Waals surface area contributed by atoms with Crippen molar-refractivity contribution in [2.45, 2.75) is 69.6 Å². The van der Waals surface area contributed by atoms with Crippen molar-refractivity contribution in [1.29, 1.82) is 0 Å². The molecule has 11 heteroatoms. The molecule has 3 unspecified atom stereocenters. The van der Waals surface area contributed by atoms with Crippen molar-refractivity contribution < 1.29 is 18.3 Å². The number of hydrogen-bond donors (Lipinski definition) is 0. The number of alkyl halides is 1. The van der Waals surface area contributed by atoms with Gasteiger partial charge in [-0.25, -0.2) is 8.78 Å². The van der Waals surface area contributed by atoms with E-state index in [2.05, 4.69) is 31.4 Å². The fraction of sp³-hybridized carbons (Fsp3) is 0.531. The van der Waals surface area contributed by atoms with Gasteiger partial charge >= 0.3 is 6.01 Å². The molecule has 0 radical (unpaired) electrons. The summed E-state index contributed by atoms with van der Waals surface area (Å²) in [6.45, 7) is 8.52. The van der Waals surface area contributed by atoms with Crippen LogP contribution in [0.15, 0.2) is 31.1 Å². The molecule has 3 aromatic rings. The van der Waals surface area contributed by atoms with Gasteiger partial charge < -0.3 is 14.5 Å². The van der Waals surface area contributed by atoms with Crippen LogP contribution in [0.4, 0.5) is 14.6 Å². The average Bonchev–Trinajstić information content (AvgIpc) is 3.38. The molecule has 1 aliphatic carbocycles. The largest absolute Gasteiger partial charge is 0.467 e. The summed E-state index contributed by atoms with van der Waals surface area (Å²) in [4.78, 5) is 36.0. The molecular weight excluding hydrogens is 552 g/mol. The van der Waals surface area contributed by atoms with Gasteiger partial charge in [-0.05, 0) is 69.7 Å². The number of carbonyl (C=O) groups is 1. The molecule has 1 amide bonds. The van der Waals surface area contributed by atoms with Gasteiger partial charge in [0, 0.05) is 62.6 Å². The van der Waals surface area contributed by atoms with E-state index in [1.54, 1.807) is 11.1 Å². The molecule has 228 valence electrons. The van der Waals surface area contributed by atoms with Gasteiger partial charge in [0.15, 0.2) is 5.82 Å². The van der Waals surface area contributed by atoms with Crippen molar-refractivity contribution in [2.75, 3.05) is 45.2 Å². The van der Waals surface area contributed by atoms with Gasteiger partial charge in [0.05, 0.1) is 18.2 Å². The number of amides is 1. The Kier molecular flexibility index (Phi) is 8.26. The fourth-order valence-electron chi connectivity index (χ4n) is 6.61. The number of carbonyl (C=O) groups excluding carboxylic acids is 1. The van der Waals surface area contributed by atoms with E-state index in [-0.39, 0.29) is 29.2 Å². The predicted molar refractivity (Wildman–Crippen MR) is 161 cm³/mol. The molecule has 9 nitrogen and oxygen atoms in total. The summed E-state index contributed by atoms with van der Waals surface area (Å²) in [7, 11) is 3.34. The number of fused-ring (bicyclic) bond motifs is 2. The first kappa shape index (κ1) is 29.3. The van der Waals surface area contributed by atoms with Gasteiger partial charge in [-0.2, -0.15) is 9.97 Å². The standard InChI is InChI=1S/C25H27FN6O2.C7H12FN/c1-5-19(33)32-9-8-16(13-32)31(3)24-18-12-28-22(20(26)23(18)29-25(30-24)34-4)17-10-14(2)11-27-21(17)15-6-7-15;8-6-4-7-2-1-3-9(7)5-6/h5,10-12,15-16H,1,6-9,13H2,2-4H3;6-7H,1-5H2. The van der Waals surface area contributed by atoms with Crippen molar-refractivity contribution in [1.82, 2.24) is 29.7 Å². The second-order valence-electron chi connectivity index (χ2n) is 12.1. The van der Waals surface area contributed by atoms with Gasteiger partial charge in [0.25, 0.3) is 0 Å². The SMILES string of the molecule is C=CC(=O)N1CCC(N(C)c2nc(OC)nc3c(F)c(-c4cc(C)cnc4C4CC4)ncc23)C1.FC1CC2CCCN2C1. The van der Waals surface area contributed by atoms with Crippen LogP contribution in [0.1, 0.15) is 55.7 Å². The Morgan fingerprint density at radius 3 is 2.67 bits per heavy atom. The van der Waals surface area contributed by atoms with Crippen LogP contribution in [0.25, 0.3) is 22.2 Å². The van der Waals surface area contributed by atoms with E-state index in [4.69, 9.17) is 4.74 Å². The lowest BCUT2D eigenvalue weighted by atomic mass is 10.0. The zero-order valence-corrected chi connectivity index (χ0v) is 25.1. The maximum Gasteiger partial charge on any atom is 0.318 e. The van der Waals surface area contributed by atoms with Gasteiger partial charge in [-0.1, -0.05) is 6.58 Å². The minimum absolute atomic E-state index is 0.0110. The number of rotatable bonds is 6. The van der Waals surface area contributed by atoms with Crippen molar-refractivity contribution >= 4 is 22.6 Å². The Bertz CT molecular complexity index is 1520. The third kappa shape index (κ3) is 5.91. The molecule has 3 atom stereocenters. The Labute approximate surface area is 251 Å². The molecule has 3 aliphatic heterocycles. The molecule has 43 heavy (non-hydrogen) atoms. The first-order chi connectivity index (χ1) is 20.8. The number of likely N-dealkylation sites (tertiary alicyclic amines) is 1. The minimum atomic E-state index is -0.518. The Morgan fingerprint density at radius 1 is 1.14 bits per heavy atom. The Hall–Kier alpha value is -3.73. The second kappa shape index (κ2) is 12.1. The van der Waals surface area contributed by atoms with E-state index >= 15 is 4.39 Å². The highest BCUT2D eigenvalue weighted by atomic mass is 19.1. The second-order valence-corrected chi connectivity index (χ2v) is 12.1. The molecule has 0 aromatic carbocycles. The van der Waals surface area contributed by atoms with E-state index in [1.165, 1.54) is 26.0 Å². The third-order valence-corrected chi connectivity index (χ3v) is 9.09. The molecule has 7 rings (SSSR count). The van der Waals surface area contributed by atoms with Crippen LogP contribution >= 0.6 is 0 Å².